The highest BCUT2D eigenvalue weighted by molar-refractivity contribution is 5.78. The summed E-state index contributed by atoms with van der Waals surface area (Å²) in [6.45, 7) is 4.34. The van der Waals surface area contributed by atoms with Gasteiger partial charge in [0.25, 0.3) is 0 Å². The third-order valence-electron chi connectivity index (χ3n) is 3.33. The van der Waals surface area contributed by atoms with Crippen LogP contribution in [0.1, 0.15) is 46.0 Å². The number of hydrogen-bond donors (Lipinski definition) is 1. The van der Waals surface area contributed by atoms with Gasteiger partial charge in [-0.2, -0.15) is 0 Å². The maximum atomic E-state index is 11.1. The molecule has 0 heterocycles. The molecule has 3 nitrogen and oxygen atoms in total. The van der Waals surface area contributed by atoms with Gasteiger partial charge in [0.05, 0.1) is 0 Å². The largest absolute Gasteiger partial charge is 0.356 e. The van der Waals surface area contributed by atoms with Crippen molar-refractivity contribution >= 4 is 11.7 Å². The zero-order valence-electron chi connectivity index (χ0n) is 9.71. The highest BCUT2D eigenvalue weighted by Gasteiger charge is 2.23. The molecule has 3 heteroatoms. The van der Waals surface area contributed by atoms with E-state index >= 15 is 0 Å². The average molecular weight is 211 g/mol. The summed E-state index contributed by atoms with van der Waals surface area (Å²) in [4.78, 5) is 22.2. The van der Waals surface area contributed by atoms with E-state index in [4.69, 9.17) is 0 Å². The quantitative estimate of drug-likeness (QED) is 0.772. The second-order valence-electron chi connectivity index (χ2n) is 4.49. The van der Waals surface area contributed by atoms with Crippen LogP contribution >= 0.6 is 0 Å². The summed E-state index contributed by atoms with van der Waals surface area (Å²) in [5.41, 5.74) is 0. The molecule has 15 heavy (non-hydrogen) atoms. The smallest absolute Gasteiger partial charge is 0.219 e. The van der Waals surface area contributed by atoms with Crippen LogP contribution in [0.2, 0.25) is 0 Å². The molecule has 0 bridgehead atoms. The Bertz CT molecular complexity index is 230. The van der Waals surface area contributed by atoms with Crippen LogP contribution in [0.3, 0.4) is 0 Å². The summed E-state index contributed by atoms with van der Waals surface area (Å²) in [6, 6.07) is 0. The summed E-state index contributed by atoms with van der Waals surface area (Å²) in [7, 11) is 0. The molecule has 1 amide bonds. The van der Waals surface area contributed by atoms with E-state index < -0.39 is 0 Å². The van der Waals surface area contributed by atoms with E-state index in [1.165, 1.54) is 0 Å². The van der Waals surface area contributed by atoms with Crippen LogP contribution in [0.4, 0.5) is 0 Å². The number of rotatable bonds is 4. The number of nitrogens with one attached hydrogen (secondary N) is 1. The van der Waals surface area contributed by atoms with Crippen molar-refractivity contribution in [1.82, 2.24) is 5.32 Å². The standard InChI is InChI=1S/C12H21NO2/c1-3-12(15)13-8-10-4-6-11(7-5-10)9(2)14/h10-11H,3-8H2,1-2H3,(H,13,15). The lowest BCUT2D eigenvalue weighted by molar-refractivity contribution is -0.123. The van der Waals surface area contributed by atoms with Gasteiger partial charge in [-0.1, -0.05) is 6.92 Å². The van der Waals surface area contributed by atoms with Gasteiger partial charge in [-0.25, -0.2) is 0 Å². The predicted octanol–water partition coefficient (Wildman–Crippen LogP) is 1.91. The molecule has 0 spiro atoms. The first-order valence-electron chi connectivity index (χ1n) is 5.90. The fraction of sp³-hybridized carbons (Fsp3) is 0.833. The second kappa shape index (κ2) is 5.89. The van der Waals surface area contributed by atoms with Crippen LogP contribution in [0.25, 0.3) is 0 Å². The van der Waals surface area contributed by atoms with Crippen molar-refractivity contribution in [3.8, 4) is 0 Å². The molecule has 0 aromatic rings. The van der Waals surface area contributed by atoms with Gasteiger partial charge in [0.15, 0.2) is 0 Å². The molecule has 1 N–H and O–H groups in total. The van der Waals surface area contributed by atoms with Gasteiger partial charge in [0.2, 0.25) is 5.91 Å². The van der Waals surface area contributed by atoms with Crippen LogP contribution in [0.15, 0.2) is 0 Å². The highest BCUT2D eigenvalue weighted by atomic mass is 16.1. The first-order chi connectivity index (χ1) is 7.13. The molecule has 0 aliphatic heterocycles. The molecule has 0 saturated heterocycles. The highest BCUT2D eigenvalue weighted by Crippen LogP contribution is 2.28. The Balaban J connectivity index is 2.20. The molecule has 1 aliphatic carbocycles. The minimum absolute atomic E-state index is 0.128. The molecule has 1 aliphatic rings. The molecule has 0 aromatic heterocycles. The number of hydrogen-bond acceptors (Lipinski definition) is 2. The molecule has 1 saturated carbocycles. The van der Waals surface area contributed by atoms with Crippen LogP contribution in [-0.2, 0) is 9.59 Å². The summed E-state index contributed by atoms with van der Waals surface area (Å²) >= 11 is 0. The first kappa shape index (κ1) is 12.2. The fourth-order valence-electron chi connectivity index (χ4n) is 2.16. The lowest BCUT2D eigenvalue weighted by Gasteiger charge is -2.26. The molecule has 0 aromatic carbocycles. The number of ketones is 1. The first-order valence-corrected chi connectivity index (χ1v) is 5.90. The normalized spacial score (nSPS) is 26.0. The molecule has 0 atom stereocenters. The Labute approximate surface area is 91.6 Å². The van der Waals surface area contributed by atoms with Crippen molar-refractivity contribution < 1.29 is 9.59 Å². The lowest BCUT2D eigenvalue weighted by atomic mass is 9.80. The van der Waals surface area contributed by atoms with Crippen LogP contribution in [0, 0.1) is 11.8 Å². The lowest BCUT2D eigenvalue weighted by Crippen LogP contribution is -2.31. The Morgan fingerprint density at radius 2 is 1.80 bits per heavy atom. The van der Waals surface area contributed by atoms with Gasteiger partial charge >= 0.3 is 0 Å². The summed E-state index contributed by atoms with van der Waals surface area (Å²) < 4.78 is 0. The molecule has 86 valence electrons. The van der Waals surface area contributed by atoms with E-state index in [1.807, 2.05) is 6.92 Å². The molecule has 0 unspecified atom stereocenters. The summed E-state index contributed by atoms with van der Waals surface area (Å²) in [6.07, 6.45) is 4.72. The number of carbonyl (C=O) groups is 2. The Kier molecular flexibility index (Phi) is 4.79. The van der Waals surface area contributed by atoms with E-state index in [9.17, 15) is 9.59 Å². The fourth-order valence-corrected chi connectivity index (χ4v) is 2.16. The Hall–Kier alpha value is -0.860. The molecular formula is C12H21NO2. The Morgan fingerprint density at radius 1 is 1.20 bits per heavy atom. The predicted molar refractivity (Wildman–Crippen MR) is 59.4 cm³/mol. The molecule has 1 rings (SSSR count). The number of amides is 1. The summed E-state index contributed by atoms with van der Waals surface area (Å²) in [5, 5.41) is 2.92. The zero-order valence-corrected chi connectivity index (χ0v) is 9.71. The molecular weight excluding hydrogens is 190 g/mol. The van der Waals surface area contributed by atoms with Gasteiger partial charge in [0, 0.05) is 18.9 Å². The van der Waals surface area contributed by atoms with Crippen molar-refractivity contribution in [2.45, 2.75) is 46.0 Å². The molecule has 1 fully saturated rings. The van der Waals surface area contributed by atoms with E-state index in [2.05, 4.69) is 5.32 Å². The van der Waals surface area contributed by atoms with E-state index in [0.29, 0.717) is 18.1 Å². The minimum atomic E-state index is 0.128. The van der Waals surface area contributed by atoms with Crippen LogP contribution in [-0.4, -0.2) is 18.2 Å². The zero-order chi connectivity index (χ0) is 11.3. The van der Waals surface area contributed by atoms with Crippen molar-refractivity contribution in [2.24, 2.45) is 11.8 Å². The minimum Gasteiger partial charge on any atom is -0.356 e. The van der Waals surface area contributed by atoms with Gasteiger partial charge in [0.1, 0.15) is 5.78 Å². The van der Waals surface area contributed by atoms with E-state index in [1.54, 1.807) is 6.92 Å². The third kappa shape index (κ3) is 4.02. The van der Waals surface area contributed by atoms with E-state index in [0.717, 1.165) is 32.2 Å². The Morgan fingerprint density at radius 3 is 2.27 bits per heavy atom. The van der Waals surface area contributed by atoms with Crippen molar-refractivity contribution in [3.63, 3.8) is 0 Å². The van der Waals surface area contributed by atoms with Gasteiger partial charge in [-0.15, -0.1) is 0 Å². The molecule has 0 radical (unpaired) electrons. The van der Waals surface area contributed by atoms with Crippen molar-refractivity contribution in [2.75, 3.05) is 6.54 Å². The van der Waals surface area contributed by atoms with Gasteiger partial charge in [-0.05, 0) is 38.5 Å². The second-order valence-corrected chi connectivity index (χ2v) is 4.49. The topological polar surface area (TPSA) is 46.2 Å². The number of carbonyl (C=O) groups excluding carboxylic acids is 2. The van der Waals surface area contributed by atoms with Crippen molar-refractivity contribution in [3.05, 3.63) is 0 Å². The van der Waals surface area contributed by atoms with Crippen molar-refractivity contribution in [1.29, 1.82) is 0 Å². The maximum Gasteiger partial charge on any atom is 0.219 e. The third-order valence-corrected chi connectivity index (χ3v) is 3.33. The average Bonchev–Trinajstić information content (AvgIpc) is 2.26. The number of Topliss-reactive ketones (excluding diaryl/α,β-unsaturated/α-hetero) is 1. The maximum absolute atomic E-state index is 11.1. The monoisotopic (exact) mass is 211 g/mol. The van der Waals surface area contributed by atoms with Crippen LogP contribution in [0.5, 0.6) is 0 Å². The van der Waals surface area contributed by atoms with Gasteiger partial charge in [-0.3, -0.25) is 9.59 Å². The van der Waals surface area contributed by atoms with Gasteiger partial charge < -0.3 is 5.32 Å². The van der Waals surface area contributed by atoms with Crippen LogP contribution < -0.4 is 5.32 Å². The van der Waals surface area contributed by atoms with E-state index in [-0.39, 0.29) is 11.8 Å². The SMILES string of the molecule is CCC(=O)NCC1CCC(C(C)=O)CC1. The summed E-state index contributed by atoms with van der Waals surface area (Å²) in [5.74, 6) is 1.31.